The molecular formula is C11H16ClNO2. The number of halogens is 1. The highest BCUT2D eigenvalue weighted by Gasteiger charge is 2.09. The van der Waals surface area contributed by atoms with E-state index in [2.05, 4.69) is 5.32 Å². The third kappa shape index (κ3) is 4.32. The van der Waals surface area contributed by atoms with Gasteiger partial charge in [0, 0.05) is 6.04 Å². The van der Waals surface area contributed by atoms with Gasteiger partial charge in [-0.2, -0.15) is 0 Å². The Balaban J connectivity index is 0.00000196. The summed E-state index contributed by atoms with van der Waals surface area (Å²) in [5, 5.41) is 12.4. The van der Waals surface area contributed by atoms with Gasteiger partial charge in [-0.1, -0.05) is 26.0 Å². The van der Waals surface area contributed by atoms with E-state index in [1.165, 1.54) is 6.07 Å². The number of hydrogen-bond donors (Lipinski definition) is 2. The first kappa shape index (κ1) is 13.9. The van der Waals surface area contributed by atoms with Crippen LogP contribution in [0.5, 0.6) is 5.75 Å². The molecule has 0 unspecified atom stereocenters. The third-order valence-corrected chi connectivity index (χ3v) is 1.88. The largest absolute Gasteiger partial charge is 0.507 e. The Morgan fingerprint density at radius 3 is 2.53 bits per heavy atom. The van der Waals surface area contributed by atoms with E-state index in [1.54, 1.807) is 18.2 Å². The van der Waals surface area contributed by atoms with E-state index >= 15 is 0 Å². The Morgan fingerprint density at radius 1 is 1.40 bits per heavy atom. The van der Waals surface area contributed by atoms with Gasteiger partial charge in [-0.15, -0.1) is 12.4 Å². The summed E-state index contributed by atoms with van der Waals surface area (Å²) in [5.41, 5.74) is 0.376. The summed E-state index contributed by atoms with van der Waals surface area (Å²) in [7, 11) is 0. The molecule has 1 rings (SSSR count). The van der Waals surface area contributed by atoms with Crippen molar-refractivity contribution in [1.82, 2.24) is 5.32 Å². The second-order valence-electron chi connectivity index (χ2n) is 3.48. The molecule has 4 heteroatoms. The van der Waals surface area contributed by atoms with E-state index in [4.69, 9.17) is 0 Å². The van der Waals surface area contributed by atoms with E-state index in [-0.39, 0.29) is 36.5 Å². The molecule has 0 saturated carbocycles. The first-order valence-electron chi connectivity index (χ1n) is 4.66. The van der Waals surface area contributed by atoms with Crippen LogP contribution >= 0.6 is 12.4 Å². The van der Waals surface area contributed by atoms with Gasteiger partial charge in [-0.3, -0.25) is 4.79 Å². The molecule has 1 aromatic rings. The fourth-order valence-corrected chi connectivity index (χ4v) is 1.10. The second-order valence-corrected chi connectivity index (χ2v) is 3.48. The predicted molar refractivity (Wildman–Crippen MR) is 62.8 cm³/mol. The molecule has 0 atom stereocenters. The maximum absolute atomic E-state index is 11.5. The smallest absolute Gasteiger partial charge is 0.180 e. The first-order valence-corrected chi connectivity index (χ1v) is 4.66. The van der Waals surface area contributed by atoms with Gasteiger partial charge in [-0.25, -0.2) is 0 Å². The van der Waals surface area contributed by atoms with Crippen molar-refractivity contribution in [3.8, 4) is 5.75 Å². The number of aromatic hydroxyl groups is 1. The number of ketones is 1. The fourth-order valence-electron chi connectivity index (χ4n) is 1.10. The molecule has 0 aromatic heterocycles. The van der Waals surface area contributed by atoms with E-state index in [9.17, 15) is 9.90 Å². The highest BCUT2D eigenvalue weighted by Crippen LogP contribution is 2.15. The first-order chi connectivity index (χ1) is 6.61. The lowest BCUT2D eigenvalue weighted by atomic mass is 10.1. The molecule has 0 bridgehead atoms. The quantitative estimate of drug-likeness (QED) is 0.777. The number of phenols is 1. The van der Waals surface area contributed by atoms with Crippen LogP contribution in [0.1, 0.15) is 24.2 Å². The summed E-state index contributed by atoms with van der Waals surface area (Å²) < 4.78 is 0. The molecule has 0 saturated heterocycles. The van der Waals surface area contributed by atoms with Crippen LogP contribution in [0.4, 0.5) is 0 Å². The second kappa shape index (κ2) is 6.43. The zero-order valence-corrected chi connectivity index (χ0v) is 9.67. The topological polar surface area (TPSA) is 49.3 Å². The highest BCUT2D eigenvalue weighted by molar-refractivity contribution is 5.99. The molecule has 0 aliphatic rings. The van der Waals surface area contributed by atoms with Gasteiger partial charge in [0.25, 0.3) is 0 Å². The van der Waals surface area contributed by atoms with Crippen molar-refractivity contribution < 1.29 is 9.90 Å². The van der Waals surface area contributed by atoms with Crippen LogP contribution in [0.3, 0.4) is 0 Å². The molecule has 0 aliphatic heterocycles. The van der Waals surface area contributed by atoms with E-state index in [1.807, 2.05) is 13.8 Å². The summed E-state index contributed by atoms with van der Waals surface area (Å²) in [6, 6.07) is 6.84. The Labute approximate surface area is 95.9 Å². The number of benzene rings is 1. The normalized spacial score (nSPS) is 9.80. The summed E-state index contributed by atoms with van der Waals surface area (Å²) >= 11 is 0. The van der Waals surface area contributed by atoms with Crippen molar-refractivity contribution in [2.45, 2.75) is 19.9 Å². The van der Waals surface area contributed by atoms with Crippen molar-refractivity contribution in [2.75, 3.05) is 6.54 Å². The van der Waals surface area contributed by atoms with Crippen LogP contribution in [0.15, 0.2) is 24.3 Å². The lowest BCUT2D eigenvalue weighted by molar-refractivity contribution is 0.0986. The number of carbonyl (C=O) groups excluding carboxylic acids is 1. The van der Waals surface area contributed by atoms with E-state index < -0.39 is 0 Å². The van der Waals surface area contributed by atoms with Crippen LogP contribution in [0, 0.1) is 0 Å². The average Bonchev–Trinajstić information content (AvgIpc) is 2.15. The van der Waals surface area contributed by atoms with Gasteiger partial charge in [0.15, 0.2) is 5.78 Å². The molecule has 3 nitrogen and oxygen atoms in total. The molecule has 0 radical (unpaired) electrons. The molecule has 15 heavy (non-hydrogen) atoms. The van der Waals surface area contributed by atoms with Crippen LogP contribution in [-0.4, -0.2) is 23.5 Å². The Morgan fingerprint density at radius 2 is 2.00 bits per heavy atom. The van der Waals surface area contributed by atoms with Gasteiger partial charge < -0.3 is 10.4 Å². The number of rotatable bonds is 4. The zero-order chi connectivity index (χ0) is 10.6. The molecule has 2 N–H and O–H groups in total. The van der Waals surface area contributed by atoms with E-state index in [0.717, 1.165) is 0 Å². The Kier molecular flexibility index (Phi) is 5.97. The van der Waals surface area contributed by atoms with Crippen molar-refractivity contribution >= 4 is 18.2 Å². The van der Waals surface area contributed by atoms with Crippen LogP contribution in [-0.2, 0) is 0 Å². The van der Waals surface area contributed by atoms with Crippen LogP contribution < -0.4 is 5.32 Å². The molecule has 0 fully saturated rings. The number of nitrogens with one attached hydrogen (secondary N) is 1. The number of phenolic OH excluding ortho intramolecular Hbond substituents is 1. The minimum absolute atomic E-state index is 0. The summed E-state index contributed by atoms with van der Waals surface area (Å²) in [6.07, 6.45) is 0. The monoisotopic (exact) mass is 229 g/mol. The van der Waals surface area contributed by atoms with Gasteiger partial charge >= 0.3 is 0 Å². The van der Waals surface area contributed by atoms with Crippen molar-refractivity contribution in [3.63, 3.8) is 0 Å². The van der Waals surface area contributed by atoms with Crippen LogP contribution in [0.2, 0.25) is 0 Å². The Bertz CT molecular complexity index is 326. The predicted octanol–water partition coefficient (Wildman–Crippen LogP) is 1.99. The summed E-state index contributed by atoms with van der Waals surface area (Å²) in [4.78, 5) is 11.5. The standard InChI is InChI=1S/C11H15NO2.ClH/c1-8(2)12-7-11(14)9-5-3-4-6-10(9)13;/h3-6,8,12-13H,7H2,1-2H3;1H. The van der Waals surface area contributed by atoms with Crippen molar-refractivity contribution in [2.24, 2.45) is 0 Å². The van der Waals surface area contributed by atoms with Crippen molar-refractivity contribution in [1.29, 1.82) is 0 Å². The highest BCUT2D eigenvalue weighted by atomic mass is 35.5. The number of Topliss-reactive ketones (excluding diaryl/α,β-unsaturated/α-hetero) is 1. The molecular weight excluding hydrogens is 214 g/mol. The van der Waals surface area contributed by atoms with Gasteiger partial charge in [-0.05, 0) is 12.1 Å². The summed E-state index contributed by atoms with van der Waals surface area (Å²) in [5.74, 6) is -0.0418. The van der Waals surface area contributed by atoms with Crippen LogP contribution in [0.25, 0.3) is 0 Å². The molecule has 0 aliphatic carbocycles. The van der Waals surface area contributed by atoms with Gasteiger partial charge in [0.1, 0.15) is 5.75 Å². The third-order valence-electron chi connectivity index (χ3n) is 1.88. The maximum Gasteiger partial charge on any atom is 0.180 e. The van der Waals surface area contributed by atoms with Gasteiger partial charge in [0.2, 0.25) is 0 Å². The molecule has 0 heterocycles. The average molecular weight is 230 g/mol. The summed E-state index contributed by atoms with van der Waals surface area (Å²) in [6.45, 7) is 4.20. The maximum atomic E-state index is 11.5. The van der Waals surface area contributed by atoms with Crippen molar-refractivity contribution in [3.05, 3.63) is 29.8 Å². The minimum atomic E-state index is -0.0863. The molecule has 84 valence electrons. The molecule has 0 spiro atoms. The number of para-hydroxylation sites is 1. The fraction of sp³-hybridized carbons (Fsp3) is 0.364. The lowest BCUT2D eigenvalue weighted by Gasteiger charge is -2.07. The SMILES string of the molecule is CC(C)NCC(=O)c1ccccc1O.Cl. The molecule has 0 amide bonds. The minimum Gasteiger partial charge on any atom is -0.507 e. The number of carbonyl (C=O) groups is 1. The lowest BCUT2D eigenvalue weighted by Crippen LogP contribution is -2.29. The number of hydrogen-bond acceptors (Lipinski definition) is 3. The zero-order valence-electron chi connectivity index (χ0n) is 8.86. The Hall–Kier alpha value is -1.06. The van der Waals surface area contributed by atoms with Gasteiger partial charge in [0.05, 0.1) is 12.1 Å². The molecule has 1 aromatic carbocycles. The van der Waals surface area contributed by atoms with E-state index in [0.29, 0.717) is 5.56 Å².